The third-order valence-electron chi connectivity index (χ3n) is 1.50. The fourth-order valence-corrected chi connectivity index (χ4v) is 1.61. The quantitative estimate of drug-likeness (QED) is 0.799. The molecule has 1 aromatic heterocycles. The summed E-state index contributed by atoms with van der Waals surface area (Å²) in [6, 6.07) is 0. The zero-order chi connectivity index (χ0) is 11.1. The van der Waals surface area contributed by atoms with Gasteiger partial charge >= 0.3 is 0 Å². The molecule has 1 aromatic rings. The summed E-state index contributed by atoms with van der Waals surface area (Å²) in [4.78, 5) is 18.8. The van der Waals surface area contributed by atoms with Crippen molar-refractivity contribution in [2.24, 2.45) is 0 Å². The van der Waals surface area contributed by atoms with E-state index >= 15 is 0 Å². The first-order chi connectivity index (χ1) is 7.18. The van der Waals surface area contributed by atoms with Gasteiger partial charge in [-0.2, -0.15) is 0 Å². The predicted octanol–water partition coefficient (Wildman–Crippen LogP) is 2.92. The Kier molecular flexibility index (Phi) is 5.57. The third-order valence-corrected chi connectivity index (χ3v) is 2.75. The number of thioether (sulfide) groups is 1. The average Bonchev–Trinajstić information content (AvgIpc) is 2.20. The van der Waals surface area contributed by atoms with Crippen molar-refractivity contribution >= 4 is 38.9 Å². The van der Waals surface area contributed by atoms with E-state index in [1.54, 1.807) is 19.3 Å². The zero-order valence-corrected chi connectivity index (χ0v) is 10.7. The monoisotopic (exact) mass is 286 g/mol. The molecule has 0 radical (unpaired) electrons. The van der Waals surface area contributed by atoms with Gasteiger partial charge in [0.1, 0.15) is 0 Å². The maximum absolute atomic E-state index is 10.6. The highest BCUT2D eigenvalue weighted by Gasteiger charge is 1.92. The lowest BCUT2D eigenvalue weighted by Gasteiger charge is -1.93. The number of hydrogen-bond donors (Lipinski definition) is 0. The van der Waals surface area contributed by atoms with Gasteiger partial charge in [-0.3, -0.25) is 4.79 Å². The summed E-state index contributed by atoms with van der Waals surface area (Å²) in [7, 11) is 0. The van der Waals surface area contributed by atoms with Crippen LogP contribution in [-0.4, -0.2) is 20.8 Å². The van der Waals surface area contributed by atoms with Crippen molar-refractivity contribution in [3.05, 3.63) is 28.8 Å². The molecule has 0 saturated heterocycles. The van der Waals surface area contributed by atoms with Crippen molar-refractivity contribution in [2.75, 3.05) is 5.75 Å². The van der Waals surface area contributed by atoms with Gasteiger partial charge in [0.15, 0.2) is 10.9 Å². The van der Waals surface area contributed by atoms with Crippen LogP contribution < -0.4 is 0 Å². The lowest BCUT2D eigenvalue weighted by molar-refractivity contribution is -0.109. The first-order valence-corrected chi connectivity index (χ1v) is 6.24. The first-order valence-electron chi connectivity index (χ1n) is 4.46. The number of rotatable bonds is 4. The SMILES string of the molecule is CC(=O)SCCC=Cc1ncc(Br)cn1. The van der Waals surface area contributed by atoms with Gasteiger partial charge in [0.05, 0.1) is 4.47 Å². The van der Waals surface area contributed by atoms with Gasteiger partial charge in [0.25, 0.3) is 0 Å². The Labute approximate surface area is 102 Å². The Balaban J connectivity index is 2.32. The molecule has 0 atom stereocenters. The van der Waals surface area contributed by atoms with Crippen LogP contribution in [0.5, 0.6) is 0 Å². The Hall–Kier alpha value is -0.680. The summed E-state index contributed by atoms with van der Waals surface area (Å²) in [5.74, 6) is 1.49. The van der Waals surface area contributed by atoms with E-state index in [-0.39, 0.29) is 5.12 Å². The number of carbonyl (C=O) groups is 1. The van der Waals surface area contributed by atoms with Gasteiger partial charge in [-0.1, -0.05) is 17.8 Å². The third kappa shape index (κ3) is 5.69. The molecule has 0 unspecified atom stereocenters. The van der Waals surface area contributed by atoms with E-state index < -0.39 is 0 Å². The van der Waals surface area contributed by atoms with Crippen LogP contribution in [0.2, 0.25) is 0 Å². The van der Waals surface area contributed by atoms with Gasteiger partial charge < -0.3 is 0 Å². The van der Waals surface area contributed by atoms with Crippen LogP contribution in [-0.2, 0) is 4.79 Å². The minimum atomic E-state index is 0.156. The first kappa shape index (κ1) is 12.4. The normalized spacial score (nSPS) is 10.8. The second-order valence-corrected chi connectivity index (χ2v) is 4.98. The van der Waals surface area contributed by atoms with Crippen molar-refractivity contribution in [1.29, 1.82) is 0 Å². The Morgan fingerprint density at radius 3 is 2.80 bits per heavy atom. The lowest BCUT2D eigenvalue weighted by atomic mass is 10.4. The van der Waals surface area contributed by atoms with E-state index in [1.165, 1.54) is 11.8 Å². The van der Waals surface area contributed by atoms with E-state index in [0.717, 1.165) is 16.6 Å². The topological polar surface area (TPSA) is 42.9 Å². The molecule has 0 aromatic carbocycles. The zero-order valence-electron chi connectivity index (χ0n) is 8.31. The largest absolute Gasteiger partial charge is 0.288 e. The molecule has 1 rings (SSSR count). The second-order valence-electron chi connectivity index (χ2n) is 2.79. The highest BCUT2D eigenvalue weighted by Crippen LogP contribution is 2.07. The Morgan fingerprint density at radius 1 is 1.53 bits per heavy atom. The molecule has 0 aliphatic rings. The van der Waals surface area contributed by atoms with Gasteiger partial charge in [0.2, 0.25) is 0 Å². The van der Waals surface area contributed by atoms with Gasteiger partial charge in [0, 0.05) is 25.1 Å². The molecule has 0 N–H and O–H groups in total. The molecule has 0 saturated carbocycles. The van der Waals surface area contributed by atoms with Gasteiger partial charge in [-0.15, -0.1) is 0 Å². The van der Waals surface area contributed by atoms with Crippen molar-refractivity contribution in [3.8, 4) is 0 Å². The average molecular weight is 287 g/mol. The summed E-state index contributed by atoms with van der Waals surface area (Å²) in [5.41, 5.74) is 0. The number of allylic oxidation sites excluding steroid dienone is 1. The molecule has 0 fully saturated rings. The van der Waals surface area contributed by atoms with Crippen LogP contribution in [0.15, 0.2) is 22.9 Å². The van der Waals surface area contributed by atoms with Gasteiger partial charge in [-0.25, -0.2) is 9.97 Å². The van der Waals surface area contributed by atoms with Gasteiger partial charge in [-0.05, 0) is 28.4 Å². The van der Waals surface area contributed by atoms with E-state index in [2.05, 4.69) is 25.9 Å². The molecule has 80 valence electrons. The minimum absolute atomic E-state index is 0.156. The smallest absolute Gasteiger partial charge is 0.185 e. The van der Waals surface area contributed by atoms with Crippen LogP contribution in [0, 0.1) is 0 Å². The summed E-state index contributed by atoms with van der Waals surface area (Å²) >= 11 is 4.59. The number of aromatic nitrogens is 2. The molecule has 0 amide bonds. The number of halogens is 1. The summed E-state index contributed by atoms with van der Waals surface area (Å²) in [6.07, 6.45) is 8.09. The van der Waals surface area contributed by atoms with E-state index in [4.69, 9.17) is 0 Å². The van der Waals surface area contributed by atoms with Crippen LogP contribution >= 0.6 is 27.7 Å². The number of carbonyl (C=O) groups excluding carboxylic acids is 1. The number of nitrogens with zero attached hydrogens (tertiary/aromatic N) is 2. The minimum Gasteiger partial charge on any atom is -0.288 e. The second kappa shape index (κ2) is 6.74. The molecular weight excluding hydrogens is 276 g/mol. The number of hydrogen-bond acceptors (Lipinski definition) is 4. The van der Waals surface area contributed by atoms with Crippen LogP contribution in [0.1, 0.15) is 19.2 Å². The summed E-state index contributed by atoms with van der Waals surface area (Å²) in [5, 5.41) is 0.156. The summed E-state index contributed by atoms with van der Waals surface area (Å²) in [6.45, 7) is 1.58. The van der Waals surface area contributed by atoms with Crippen LogP contribution in [0.25, 0.3) is 6.08 Å². The molecule has 0 aliphatic carbocycles. The molecule has 15 heavy (non-hydrogen) atoms. The van der Waals surface area contributed by atoms with E-state index in [1.807, 2.05) is 12.2 Å². The van der Waals surface area contributed by atoms with E-state index in [0.29, 0.717) is 5.82 Å². The van der Waals surface area contributed by atoms with Crippen molar-refractivity contribution in [2.45, 2.75) is 13.3 Å². The molecule has 0 bridgehead atoms. The highest BCUT2D eigenvalue weighted by molar-refractivity contribution is 9.10. The maximum Gasteiger partial charge on any atom is 0.185 e. The molecule has 0 spiro atoms. The fraction of sp³-hybridized carbons (Fsp3) is 0.300. The molecule has 3 nitrogen and oxygen atoms in total. The lowest BCUT2D eigenvalue weighted by Crippen LogP contribution is -1.86. The van der Waals surface area contributed by atoms with Crippen molar-refractivity contribution in [3.63, 3.8) is 0 Å². The Morgan fingerprint density at radius 2 is 2.20 bits per heavy atom. The van der Waals surface area contributed by atoms with Crippen LogP contribution in [0.3, 0.4) is 0 Å². The van der Waals surface area contributed by atoms with Crippen molar-refractivity contribution < 1.29 is 4.79 Å². The van der Waals surface area contributed by atoms with Crippen LogP contribution in [0.4, 0.5) is 0 Å². The molecule has 0 aliphatic heterocycles. The highest BCUT2D eigenvalue weighted by atomic mass is 79.9. The molecule has 1 heterocycles. The molecular formula is C10H11BrN2OS. The maximum atomic E-state index is 10.6. The predicted molar refractivity (Wildman–Crippen MR) is 66.5 cm³/mol. The van der Waals surface area contributed by atoms with Crippen molar-refractivity contribution in [1.82, 2.24) is 9.97 Å². The van der Waals surface area contributed by atoms with E-state index in [9.17, 15) is 4.79 Å². The summed E-state index contributed by atoms with van der Waals surface area (Å²) < 4.78 is 0.867. The Bertz CT molecular complexity index is 351. The molecule has 5 heteroatoms. The standard InChI is InChI=1S/C10H11BrN2OS/c1-8(14)15-5-3-2-4-10-12-6-9(11)7-13-10/h2,4,6-7H,3,5H2,1H3. The fourth-order valence-electron chi connectivity index (χ4n) is 0.868.